The molecule has 0 spiro atoms. The third kappa shape index (κ3) is 7.45. The van der Waals surface area contributed by atoms with Crippen molar-refractivity contribution in [2.75, 3.05) is 0 Å². The van der Waals surface area contributed by atoms with E-state index < -0.39 is 0 Å². The van der Waals surface area contributed by atoms with E-state index in [1.165, 1.54) is 24.0 Å². The molecule has 0 N–H and O–H groups in total. The number of ketones is 1. The smallest absolute Gasteiger partial charge is 0.135 e. The fraction of sp³-hybridized carbons (Fsp3) is 0.650. The quantitative estimate of drug-likeness (QED) is 0.512. The highest BCUT2D eigenvalue weighted by Gasteiger charge is 2.09. The summed E-state index contributed by atoms with van der Waals surface area (Å²) in [5, 5.41) is 0. The van der Waals surface area contributed by atoms with Crippen molar-refractivity contribution in [3.8, 4) is 0 Å². The van der Waals surface area contributed by atoms with Crippen LogP contribution in [0.25, 0.3) is 0 Å². The molecular weight excluding hydrogens is 256 g/mol. The van der Waals surface area contributed by atoms with Gasteiger partial charge in [-0.05, 0) is 55.6 Å². The highest BCUT2D eigenvalue weighted by Crippen LogP contribution is 2.14. The number of hydrogen-bond donors (Lipinski definition) is 0. The number of benzene rings is 1. The average molecular weight is 288 g/mol. The van der Waals surface area contributed by atoms with Crippen LogP contribution in [0.3, 0.4) is 0 Å². The molecule has 21 heavy (non-hydrogen) atoms. The van der Waals surface area contributed by atoms with E-state index >= 15 is 0 Å². The van der Waals surface area contributed by atoms with Crippen LogP contribution in [0.4, 0.5) is 0 Å². The van der Waals surface area contributed by atoms with Crippen LogP contribution in [-0.4, -0.2) is 5.78 Å². The van der Waals surface area contributed by atoms with Crippen molar-refractivity contribution >= 4 is 5.78 Å². The summed E-state index contributed by atoms with van der Waals surface area (Å²) in [4.78, 5) is 11.8. The molecule has 0 aliphatic heterocycles. The van der Waals surface area contributed by atoms with Gasteiger partial charge in [0.25, 0.3) is 0 Å². The van der Waals surface area contributed by atoms with Crippen LogP contribution >= 0.6 is 0 Å². The monoisotopic (exact) mass is 288 g/mol. The van der Waals surface area contributed by atoms with Gasteiger partial charge in [0.1, 0.15) is 5.78 Å². The highest BCUT2D eigenvalue weighted by atomic mass is 16.1. The zero-order valence-corrected chi connectivity index (χ0v) is 14.3. The van der Waals surface area contributed by atoms with Crippen LogP contribution in [0.1, 0.15) is 70.9 Å². The van der Waals surface area contributed by atoms with Crippen LogP contribution in [0.2, 0.25) is 0 Å². The van der Waals surface area contributed by atoms with E-state index in [1.54, 1.807) is 0 Å². The average Bonchev–Trinajstić information content (AvgIpc) is 2.49. The molecule has 118 valence electrons. The molecule has 1 nitrogen and oxygen atoms in total. The summed E-state index contributed by atoms with van der Waals surface area (Å²) in [7, 11) is 0. The molecular formula is C20H32O. The molecule has 0 bridgehead atoms. The van der Waals surface area contributed by atoms with E-state index in [-0.39, 0.29) is 5.92 Å². The molecule has 0 aromatic heterocycles. The van der Waals surface area contributed by atoms with Crippen molar-refractivity contribution in [3.63, 3.8) is 0 Å². The Hall–Kier alpha value is -1.11. The van der Waals surface area contributed by atoms with Gasteiger partial charge < -0.3 is 0 Å². The predicted molar refractivity (Wildman–Crippen MR) is 91.6 cm³/mol. The van der Waals surface area contributed by atoms with Crippen LogP contribution in [0.5, 0.6) is 0 Å². The Labute approximate surface area is 131 Å². The van der Waals surface area contributed by atoms with Crippen LogP contribution in [0, 0.1) is 11.8 Å². The zero-order valence-electron chi connectivity index (χ0n) is 14.3. The molecule has 1 unspecified atom stereocenters. The van der Waals surface area contributed by atoms with E-state index in [1.807, 2.05) is 6.92 Å². The second-order valence-corrected chi connectivity index (χ2v) is 6.73. The number of hydrogen-bond acceptors (Lipinski definition) is 1. The number of aryl methyl sites for hydroxylation is 2. The fourth-order valence-electron chi connectivity index (χ4n) is 2.43. The third-order valence-corrected chi connectivity index (χ3v) is 4.33. The van der Waals surface area contributed by atoms with E-state index in [0.717, 1.165) is 38.0 Å². The lowest BCUT2D eigenvalue weighted by Gasteiger charge is -2.08. The molecule has 1 rings (SSSR count). The predicted octanol–water partition coefficient (Wildman–Crippen LogP) is 5.60. The van der Waals surface area contributed by atoms with E-state index in [4.69, 9.17) is 0 Å². The van der Waals surface area contributed by atoms with Gasteiger partial charge in [-0.3, -0.25) is 4.79 Å². The van der Waals surface area contributed by atoms with Crippen molar-refractivity contribution in [3.05, 3.63) is 35.4 Å². The maximum Gasteiger partial charge on any atom is 0.135 e. The lowest BCUT2D eigenvalue weighted by Crippen LogP contribution is -2.09. The largest absolute Gasteiger partial charge is 0.299 e. The summed E-state index contributed by atoms with van der Waals surface area (Å²) in [6, 6.07) is 9.04. The molecule has 1 aromatic carbocycles. The minimum absolute atomic E-state index is 0.241. The molecule has 0 saturated heterocycles. The molecule has 1 aromatic rings. The van der Waals surface area contributed by atoms with E-state index in [9.17, 15) is 4.79 Å². The van der Waals surface area contributed by atoms with Crippen LogP contribution in [-0.2, 0) is 17.6 Å². The number of unbranched alkanes of at least 4 members (excludes halogenated alkanes) is 1. The van der Waals surface area contributed by atoms with Gasteiger partial charge in [-0.25, -0.2) is 0 Å². The van der Waals surface area contributed by atoms with Crippen LogP contribution in [0.15, 0.2) is 24.3 Å². The Balaban J connectivity index is 2.25. The zero-order chi connectivity index (χ0) is 15.7. The summed E-state index contributed by atoms with van der Waals surface area (Å²) in [6.45, 7) is 8.67. The van der Waals surface area contributed by atoms with Crippen molar-refractivity contribution in [2.45, 2.75) is 72.6 Å². The molecule has 0 fully saturated rings. The number of rotatable bonds is 10. The number of carbonyl (C=O) groups excluding carboxylic acids is 1. The Kier molecular flexibility index (Phi) is 8.34. The van der Waals surface area contributed by atoms with Gasteiger partial charge in [0.15, 0.2) is 0 Å². The SMILES string of the molecule is CCC(C)C(=O)CCCCc1ccc(CCC(C)C)cc1. The topological polar surface area (TPSA) is 17.1 Å². The summed E-state index contributed by atoms with van der Waals surface area (Å²) in [5.41, 5.74) is 2.85. The molecule has 0 amide bonds. The molecule has 0 saturated carbocycles. The van der Waals surface area contributed by atoms with Gasteiger partial charge >= 0.3 is 0 Å². The second kappa shape index (κ2) is 9.76. The third-order valence-electron chi connectivity index (χ3n) is 4.33. The van der Waals surface area contributed by atoms with Crippen molar-refractivity contribution in [1.82, 2.24) is 0 Å². The first kappa shape index (κ1) is 17.9. The Morgan fingerprint density at radius 2 is 1.52 bits per heavy atom. The van der Waals surface area contributed by atoms with Gasteiger partial charge in [-0.15, -0.1) is 0 Å². The van der Waals surface area contributed by atoms with Gasteiger partial charge in [-0.1, -0.05) is 52.0 Å². The normalized spacial score (nSPS) is 12.6. The number of carbonyl (C=O) groups is 1. The second-order valence-electron chi connectivity index (χ2n) is 6.73. The van der Waals surface area contributed by atoms with E-state index in [2.05, 4.69) is 45.0 Å². The first-order chi connectivity index (χ1) is 10.0. The molecule has 0 heterocycles. The molecule has 0 aliphatic carbocycles. The Morgan fingerprint density at radius 1 is 0.952 bits per heavy atom. The van der Waals surface area contributed by atoms with Crippen molar-refractivity contribution in [1.29, 1.82) is 0 Å². The lowest BCUT2D eigenvalue weighted by molar-refractivity contribution is -0.122. The minimum atomic E-state index is 0.241. The summed E-state index contributed by atoms with van der Waals surface area (Å²) in [6.07, 6.45) is 7.40. The van der Waals surface area contributed by atoms with Gasteiger partial charge in [0, 0.05) is 12.3 Å². The first-order valence-corrected chi connectivity index (χ1v) is 8.63. The maximum atomic E-state index is 11.8. The van der Waals surface area contributed by atoms with Crippen LogP contribution < -0.4 is 0 Å². The van der Waals surface area contributed by atoms with Gasteiger partial charge in [0.2, 0.25) is 0 Å². The highest BCUT2D eigenvalue weighted by molar-refractivity contribution is 5.80. The van der Waals surface area contributed by atoms with E-state index in [0.29, 0.717) is 5.78 Å². The summed E-state index contributed by atoms with van der Waals surface area (Å²) >= 11 is 0. The standard InChI is InChI=1S/C20H32O/c1-5-17(4)20(21)9-7-6-8-18-12-14-19(15-13-18)11-10-16(2)3/h12-17H,5-11H2,1-4H3. The molecule has 1 heteroatoms. The first-order valence-electron chi connectivity index (χ1n) is 8.63. The Bertz CT molecular complexity index is 402. The fourth-order valence-corrected chi connectivity index (χ4v) is 2.43. The van der Waals surface area contributed by atoms with Crippen molar-refractivity contribution in [2.24, 2.45) is 11.8 Å². The molecule has 1 atom stereocenters. The minimum Gasteiger partial charge on any atom is -0.299 e. The number of Topliss-reactive ketones (excluding diaryl/α,β-unsaturated/α-hetero) is 1. The molecule has 0 aliphatic rings. The molecule has 0 radical (unpaired) electrons. The lowest BCUT2D eigenvalue weighted by atomic mass is 9.97. The van der Waals surface area contributed by atoms with Gasteiger partial charge in [-0.2, -0.15) is 0 Å². The summed E-state index contributed by atoms with van der Waals surface area (Å²) in [5.74, 6) is 1.44. The summed E-state index contributed by atoms with van der Waals surface area (Å²) < 4.78 is 0. The van der Waals surface area contributed by atoms with Crippen molar-refractivity contribution < 1.29 is 4.79 Å². The van der Waals surface area contributed by atoms with Gasteiger partial charge in [0.05, 0.1) is 0 Å². The Morgan fingerprint density at radius 3 is 2.05 bits per heavy atom. The maximum absolute atomic E-state index is 11.8.